The lowest BCUT2D eigenvalue weighted by Crippen LogP contribution is -2.03. The molecular formula is C23H25NO4. The van der Waals surface area contributed by atoms with Gasteiger partial charge in [0.25, 0.3) is 0 Å². The van der Waals surface area contributed by atoms with Crippen LogP contribution in [0.25, 0.3) is 6.08 Å². The molecule has 2 aromatic carbocycles. The van der Waals surface area contributed by atoms with E-state index < -0.39 is 0 Å². The Kier molecular flexibility index (Phi) is 8.61. The molecule has 0 saturated carbocycles. The second kappa shape index (κ2) is 11.5. The first-order valence-corrected chi connectivity index (χ1v) is 9.39. The molecule has 0 amide bonds. The fourth-order valence-electron chi connectivity index (χ4n) is 2.55. The van der Waals surface area contributed by atoms with Crippen LogP contribution in [0, 0.1) is 11.3 Å². The summed E-state index contributed by atoms with van der Waals surface area (Å²) >= 11 is 0. The first-order chi connectivity index (χ1) is 13.7. The lowest BCUT2D eigenvalue weighted by atomic mass is 10.1. The van der Waals surface area contributed by atoms with Crippen LogP contribution in [0.1, 0.15) is 42.6 Å². The number of ether oxygens (including phenoxy) is 3. The Morgan fingerprint density at radius 1 is 1.04 bits per heavy atom. The highest BCUT2D eigenvalue weighted by atomic mass is 16.5. The molecule has 28 heavy (non-hydrogen) atoms. The zero-order valence-electron chi connectivity index (χ0n) is 16.3. The molecule has 0 aromatic heterocycles. The molecule has 2 aromatic rings. The highest BCUT2D eigenvalue weighted by Crippen LogP contribution is 2.26. The quantitative estimate of drug-likeness (QED) is 0.310. The van der Waals surface area contributed by atoms with E-state index in [2.05, 4.69) is 6.07 Å². The van der Waals surface area contributed by atoms with E-state index in [-0.39, 0.29) is 5.78 Å². The molecule has 5 heteroatoms. The van der Waals surface area contributed by atoms with Gasteiger partial charge in [0.1, 0.15) is 17.2 Å². The Labute approximate surface area is 166 Å². The molecule has 0 aliphatic carbocycles. The van der Waals surface area contributed by atoms with E-state index in [9.17, 15) is 4.79 Å². The summed E-state index contributed by atoms with van der Waals surface area (Å²) in [6.07, 6.45) is 4.42. The molecule has 0 radical (unpaired) electrons. The molecule has 0 aliphatic rings. The van der Waals surface area contributed by atoms with Crippen molar-refractivity contribution in [2.24, 2.45) is 0 Å². The van der Waals surface area contributed by atoms with Gasteiger partial charge in [0.15, 0.2) is 5.78 Å². The maximum atomic E-state index is 12.7. The van der Waals surface area contributed by atoms with Gasteiger partial charge in [-0.2, -0.15) is 5.26 Å². The predicted octanol–water partition coefficient (Wildman–Crippen LogP) is 5.06. The fraction of sp³-hybridized carbons (Fsp3) is 0.304. The molecular weight excluding hydrogens is 354 g/mol. The van der Waals surface area contributed by atoms with Crippen molar-refractivity contribution in [3.8, 4) is 23.3 Å². The fourth-order valence-corrected chi connectivity index (χ4v) is 2.55. The Bertz CT molecular complexity index is 852. The summed E-state index contributed by atoms with van der Waals surface area (Å²) in [6.45, 7) is 5.26. The van der Waals surface area contributed by atoms with Gasteiger partial charge in [-0.25, -0.2) is 0 Å². The second-order valence-corrected chi connectivity index (χ2v) is 5.90. The zero-order chi connectivity index (χ0) is 20.2. The highest BCUT2D eigenvalue weighted by Gasteiger charge is 2.12. The summed E-state index contributed by atoms with van der Waals surface area (Å²) < 4.78 is 16.7. The summed E-state index contributed by atoms with van der Waals surface area (Å²) in [5.41, 5.74) is 1.32. The molecule has 0 bridgehead atoms. The van der Waals surface area contributed by atoms with Crippen molar-refractivity contribution in [3.05, 3.63) is 59.7 Å². The third-order valence-corrected chi connectivity index (χ3v) is 3.81. The van der Waals surface area contributed by atoms with Crippen LogP contribution in [-0.4, -0.2) is 25.6 Å². The number of allylic oxidation sites excluding steroid dienone is 1. The van der Waals surface area contributed by atoms with E-state index in [0.717, 1.165) is 5.56 Å². The number of unbranched alkanes of at least 4 members (excludes halogenated alkanes) is 1. The number of carbonyl (C=O) groups is 1. The minimum atomic E-state index is -0.162. The minimum Gasteiger partial charge on any atom is -0.494 e. The Hall–Kier alpha value is -3.26. The number of hydrogen-bond acceptors (Lipinski definition) is 5. The Balaban J connectivity index is 2.12. The molecule has 0 saturated heterocycles. The van der Waals surface area contributed by atoms with Crippen LogP contribution >= 0.6 is 0 Å². The van der Waals surface area contributed by atoms with Crippen LogP contribution in [0.4, 0.5) is 0 Å². The minimum absolute atomic E-state index is 0.162. The van der Waals surface area contributed by atoms with Gasteiger partial charge in [-0.1, -0.05) is 18.2 Å². The first-order valence-electron chi connectivity index (χ1n) is 9.39. The number of nitrogens with zero attached hydrogens (tertiary/aromatic N) is 1. The number of carbonyl (C=O) groups excluding carboxylic acids is 1. The lowest BCUT2D eigenvalue weighted by Gasteiger charge is -2.10. The maximum absolute atomic E-state index is 12.7. The van der Waals surface area contributed by atoms with Crippen LogP contribution in [-0.2, 0) is 0 Å². The van der Waals surface area contributed by atoms with Gasteiger partial charge in [0.2, 0.25) is 0 Å². The molecule has 0 spiro atoms. The van der Waals surface area contributed by atoms with E-state index in [1.54, 1.807) is 24.3 Å². The standard InChI is InChI=1S/C23H25NO4/c1-3-26-20-11-13-23(27-4-2)21(17-20)22(25)12-10-18-8-7-9-19(16-18)28-15-6-5-14-24/h7-13,16-17H,3-6,15H2,1-2H3/b12-10+. The summed E-state index contributed by atoms with van der Waals surface area (Å²) in [5, 5.41) is 8.56. The number of benzene rings is 2. The predicted molar refractivity (Wildman–Crippen MR) is 109 cm³/mol. The van der Waals surface area contributed by atoms with Gasteiger partial charge < -0.3 is 14.2 Å². The topological polar surface area (TPSA) is 68.6 Å². The molecule has 0 unspecified atom stereocenters. The summed E-state index contributed by atoms with van der Waals surface area (Å²) in [7, 11) is 0. The van der Waals surface area contributed by atoms with Crippen molar-refractivity contribution in [2.75, 3.05) is 19.8 Å². The molecule has 0 aliphatic heterocycles. The molecule has 5 nitrogen and oxygen atoms in total. The normalized spacial score (nSPS) is 10.5. The van der Waals surface area contributed by atoms with Crippen molar-refractivity contribution in [1.29, 1.82) is 5.26 Å². The van der Waals surface area contributed by atoms with E-state index in [0.29, 0.717) is 55.5 Å². The van der Waals surface area contributed by atoms with E-state index in [1.807, 2.05) is 38.1 Å². The van der Waals surface area contributed by atoms with Crippen LogP contribution in [0.2, 0.25) is 0 Å². The van der Waals surface area contributed by atoms with Gasteiger partial charge >= 0.3 is 0 Å². The van der Waals surface area contributed by atoms with E-state index in [1.165, 1.54) is 6.08 Å². The van der Waals surface area contributed by atoms with Crippen molar-refractivity contribution < 1.29 is 19.0 Å². The third-order valence-electron chi connectivity index (χ3n) is 3.81. The smallest absolute Gasteiger partial charge is 0.189 e. The monoisotopic (exact) mass is 379 g/mol. The van der Waals surface area contributed by atoms with Gasteiger partial charge in [-0.05, 0) is 62.2 Å². The van der Waals surface area contributed by atoms with Crippen LogP contribution < -0.4 is 14.2 Å². The van der Waals surface area contributed by atoms with Crippen molar-refractivity contribution in [3.63, 3.8) is 0 Å². The van der Waals surface area contributed by atoms with Crippen LogP contribution in [0.5, 0.6) is 17.2 Å². The molecule has 0 fully saturated rings. The van der Waals surface area contributed by atoms with Gasteiger partial charge in [-0.15, -0.1) is 0 Å². The van der Waals surface area contributed by atoms with Gasteiger partial charge in [0.05, 0.1) is 31.5 Å². The largest absolute Gasteiger partial charge is 0.494 e. The Morgan fingerprint density at radius 2 is 1.82 bits per heavy atom. The molecule has 146 valence electrons. The van der Waals surface area contributed by atoms with Crippen molar-refractivity contribution in [1.82, 2.24) is 0 Å². The summed E-state index contributed by atoms with van der Waals surface area (Å²) in [4.78, 5) is 12.7. The molecule has 0 heterocycles. The van der Waals surface area contributed by atoms with Crippen LogP contribution in [0.3, 0.4) is 0 Å². The van der Waals surface area contributed by atoms with Crippen LogP contribution in [0.15, 0.2) is 48.5 Å². The average molecular weight is 379 g/mol. The zero-order valence-corrected chi connectivity index (χ0v) is 16.3. The molecule has 0 atom stereocenters. The number of ketones is 1. The van der Waals surface area contributed by atoms with Crippen molar-refractivity contribution in [2.45, 2.75) is 26.7 Å². The summed E-state index contributed by atoms with van der Waals surface area (Å²) in [5.74, 6) is 1.72. The van der Waals surface area contributed by atoms with E-state index in [4.69, 9.17) is 19.5 Å². The lowest BCUT2D eigenvalue weighted by molar-refractivity contribution is 0.104. The summed E-state index contributed by atoms with van der Waals surface area (Å²) in [6, 6.07) is 14.8. The number of hydrogen-bond donors (Lipinski definition) is 0. The van der Waals surface area contributed by atoms with E-state index >= 15 is 0 Å². The third kappa shape index (κ3) is 6.48. The number of nitriles is 1. The van der Waals surface area contributed by atoms with Gasteiger partial charge in [0, 0.05) is 6.42 Å². The number of rotatable bonds is 11. The van der Waals surface area contributed by atoms with Crippen molar-refractivity contribution >= 4 is 11.9 Å². The second-order valence-electron chi connectivity index (χ2n) is 5.90. The maximum Gasteiger partial charge on any atom is 0.189 e. The molecule has 0 N–H and O–H groups in total. The Morgan fingerprint density at radius 3 is 2.57 bits per heavy atom. The first kappa shape index (κ1) is 21.0. The average Bonchev–Trinajstić information content (AvgIpc) is 2.71. The highest BCUT2D eigenvalue weighted by molar-refractivity contribution is 6.08. The SMILES string of the molecule is CCOc1ccc(OCC)c(C(=O)/C=C/c2cccc(OCCCC#N)c2)c1. The van der Waals surface area contributed by atoms with Gasteiger partial charge in [-0.3, -0.25) is 4.79 Å². The molecule has 2 rings (SSSR count).